The maximum absolute atomic E-state index is 6.08. The minimum absolute atomic E-state index is 0.164. The summed E-state index contributed by atoms with van der Waals surface area (Å²) in [6.45, 7) is 10.9. The molecule has 0 radical (unpaired) electrons. The van der Waals surface area contributed by atoms with Crippen LogP contribution in [0.2, 0.25) is 0 Å². The third-order valence-electron chi connectivity index (χ3n) is 4.23. The van der Waals surface area contributed by atoms with Crippen LogP contribution in [-0.2, 0) is 28.4 Å². The Morgan fingerprint density at radius 1 is 1.00 bits per heavy atom. The highest BCUT2D eigenvalue weighted by molar-refractivity contribution is 4.98. The van der Waals surface area contributed by atoms with Gasteiger partial charge in [0.05, 0.1) is 6.61 Å². The fourth-order valence-electron chi connectivity index (χ4n) is 3.23. The van der Waals surface area contributed by atoms with Gasteiger partial charge >= 0.3 is 0 Å². The van der Waals surface area contributed by atoms with Gasteiger partial charge in [0.2, 0.25) is 0 Å². The maximum Gasteiger partial charge on any atom is 0.190 e. The van der Waals surface area contributed by atoms with Crippen molar-refractivity contribution in [2.24, 2.45) is 0 Å². The first-order chi connectivity index (χ1) is 10.3. The second kappa shape index (κ2) is 6.00. The van der Waals surface area contributed by atoms with E-state index in [1.807, 2.05) is 27.7 Å². The number of fused-ring (bicyclic) bond motifs is 1. The molecular formula is C16H28O6. The van der Waals surface area contributed by atoms with E-state index in [-0.39, 0.29) is 24.4 Å². The van der Waals surface area contributed by atoms with Gasteiger partial charge in [-0.25, -0.2) is 0 Å². The zero-order valence-electron chi connectivity index (χ0n) is 14.2. The predicted octanol–water partition coefficient (Wildman–Crippen LogP) is 2.20. The van der Waals surface area contributed by atoms with E-state index in [2.05, 4.69) is 6.92 Å². The van der Waals surface area contributed by atoms with E-state index in [1.54, 1.807) is 0 Å². The molecule has 0 unspecified atom stereocenters. The molecule has 0 aromatic carbocycles. The molecule has 0 bridgehead atoms. The quantitative estimate of drug-likeness (QED) is 0.725. The average Bonchev–Trinajstić information content (AvgIpc) is 3.01. The van der Waals surface area contributed by atoms with Gasteiger partial charge in [0.25, 0.3) is 0 Å². The second-order valence-electron chi connectivity index (χ2n) is 7.13. The van der Waals surface area contributed by atoms with Gasteiger partial charge in [0.15, 0.2) is 17.9 Å². The molecule has 0 amide bonds. The topological polar surface area (TPSA) is 55.4 Å². The summed E-state index contributed by atoms with van der Waals surface area (Å²) in [5, 5.41) is 0. The second-order valence-corrected chi connectivity index (χ2v) is 7.13. The lowest BCUT2D eigenvalue weighted by atomic mass is 10.1. The molecule has 0 N–H and O–H groups in total. The van der Waals surface area contributed by atoms with E-state index in [1.165, 1.54) is 0 Å². The van der Waals surface area contributed by atoms with Crippen LogP contribution in [0.3, 0.4) is 0 Å². The van der Waals surface area contributed by atoms with Crippen molar-refractivity contribution in [2.45, 2.75) is 89.7 Å². The minimum atomic E-state index is -0.640. The maximum atomic E-state index is 6.08. The Morgan fingerprint density at radius 2 is 1.77 bits per heavy atom. The number of hydrogen-bond donors (Lipinski definition) is 0. The molecule has 0 aliphatic carbocycles. The molecule has 0 aromatic rings. The zero-order valence-corrected chi connectivity index (χ0v) is 14.2. The molecule has 22 heavy (non-hydrogen) atoms. The Morgan fingerprint density at radius 3 is 2.41 bits per heavy atom. The van der Waals surface area contributed by atoms with Gasteiger partial charge in [-0.3, -0.25) is 0 Å². The molecule has 6 nitrogen and oxygen atoms in total. The summed E-state index contributed by atoms with van der Waals surface area (Å²) in [4.78, 5) is 0. The normalized spacial score (nSPS) is 42.7. The molecule has 3 rings (SSSR count). The third-order valence-corrected chi connectivity index (χ3v) is 4.23. The molecule has 3 aliphatic rings. The first kappa shape index (κ1) is 16.6. The standard InChI is InChI=1S/C16H28O6/c1-6-7-8-17-12-11(10-9-18-15(2,3)20-10)19-14-13(12)21-16(4,5)22-14/h10-14H,6-9H2,1-5H3/t10-,11+,12-,13+,14+/m0/s1. The summed E-state index contributed by atoms with van der Waals surface area (Å²) in [5.74, 6) is -1.22. The highest BCUT2D eigenvalue weighted by Crippen LogP contribution is 2.41. The van der Waals surface area contributed by atoms with Crippen molar-refractivity contribution in [3.8, 4) is 0 Å². The van der Waals surface area contributed by atoms with Crippen LogP contribution < -0.4 is 0 Å². The van der Waals surface area contributed by atoms with Crippen LogP contribution in [-0.4, -0.2) is 55.5 Å². The van der Waals surface area contributed by atoms with Crippen LogP contribution in [0.15, 0.2) is 0 Å². The van der Waals surface area contributed by atoms with E-state index >= 15 is 0 Å². The molecular weight excluding hydrogens is 288 g/mol. The van der Waals surface area contributed by atoms with Gasteiger partial charge in [0.1, 0.15) is 24.4 Å². The van der Waals surface area contributed by atoms with Crippen molar-refractivity contribution in [3.63, 3.8) is 0 Å². The Balaban J connectivity index is 1.69. The van der Waals surface area contributed by atoms with Crippen molar-refractivity contribution in [1.29, 1.82) is 0 Å². The highest BCUT2D eigenvalue weighted by atomic mass is 16.8. The monoisotopic (exact) mass is 316 g/mol. The number of ether oxygens (including phenoxy) is 6. The van der Waals surface area contributed by atoms with Gasteiger partial charge < -0.3 is 28.4 Å². The SMILES string of the molecule is CCCCO[C@@H]1[C@H]2OC(C)(C)O[C@H]2O[C@@H]1[C@@H]1COC(C)(C)O1. The van der Waals surface area contributed by atoms with Gasteiger partial charge in [-0.05, 0) is 34.1 Å². The van der Waals surface area contributed by atoms with Crippen LogP contribution in [0.1, 0.15) is 47.5 Å². The summed E-state index contributed by atoms with van der Waals surface area (Å²) < 4.78 is 35.6. The van der Waals surface area contributed by atoms with E-state index in [9.17, 15) is 0 Å². The van der Waals surface area contributed by atoms with Crippen molar-refractivity contribution >= 4 is 0 Å². The minimum Gasteiger partial charge on any atom is -0.372 e. The third kappa shape index (κ3) is 3.32. The molecule has 3 heterocycles. The molecule has 3 aliphatic heterocycles. The number of hydrogen-bond acceptors (Lipinski definition) is 6. The van der Waals surface area contributed by atoms with Crippen molar-refractivity contribution < 1.29 is 28.4 Å². The van der Waals surface area contributed by atoms with Crippen molar-refractivity contribution in [2.75, 3.05) is 13.2 Å². The lowest BCUT2D eigenvalue weighted by molar-refractivity contribution is -0.236. The van der Waals surface area contributed by atoms with Gasteiger partial charge in [-0.1, -0.05) is 13.3 Å². The molecule has 0 spiro atoms. The van der Waals surface area contributed by atoms with E-state index in [0.29, 0.717) is 13.2 Å². The largest absolute Gasteiger partial charge is 0.372 e. The zero-order chi connectivity index (χ0) is 16.0. The van der Waals surface area contributed by atoms with Gasteiger partial charge in [0, 0.05) is 6.61 Å². The highest BCUT2D eigenvalue weighted by Gasteiger charge is 2.58. The Hall–Kier alpha value is -0.240. The van der Waals surface area contributed by atoms with Crippen molar-refractivity contribution in [3.05, 3.63) is 0 Å². The summed E-state index contributed by atoms with van der Waals surface area (Å²) in [6.07, 6.45) is 0.889. The first-order valence-electron chi connectivity index (χ1n) is 8.26. The fourth-order valence-corrected chi connectivity index (χ4v) is 3.23. The molecule has 3 fully saturated rings. The van der Waals surface area contributed by atoms with Crippen LogP contribution >= 0.6 is 0 Å². The van der Waals surface area contributed by atoms with Crippen LogP contribution in [0.5, 0.6) is 0 Å². The van der Waals surface area contributed by atoms with Crippen LogP contribution in [0, 0.1) is 0 Å². The fraction of sp³-hybridized carbons (Fsp3) is 1.00. The van der Waals surface area contributed by atoms with E-state index in [0.717, 1.165) is 12.8 Å². The Kier molecular flexibility index (Phi) is 4.53. The van der Waals surface area contributed by atoms with Crippen LogP contribution in [0.4, 0.5) is 0 Å². The van der Waals surface area contributed by atoms with E-state index < -0.39 is 17.9 Å². The van der Waals surface area contributed by atoms with Gasteiger partial charge in [-0.2, -0.15) is 0 Å². The summed E-state index contributed by atoms with van der Waals surface area (Å²) in [7, 11) is 0. The summed E-state index contributed by atoms with van der Waals surface area (Å²) >= 11 is 0. The molecule has 128 valence electrons. The van der Waals surface area contributed by atoms with Crippen LogP contribution in [0.25, 0.3) is 0 Å². The summed E-state index contributed by atoms with van der Waals surface area (Å²) in [6, 6.07) is 0. The number of rotatable bonds is 5. The van der Waals surface area contributed by atoms with E-state index in [4.69, 9.17) is 28.4 Å². The number of unbranched alkanes of at least 4 members (excludes halogenated alkanes) is 1. The molecule has 5 atom stereocenters. The smallest absolute Gasteiger partial charge is 0.190 e. The average molecular weight is 316 g/mol. The lowest BCUT2D eigenvalue weighted by Crippen LogP contribution is -2.44. The van der Waals surface area contributed by atoms with Crippen molar-refractivity contribution in [1.82, 2.24) is 0 Å². The molecule has 6 heteroatoms. The molecule has 3 saturated heterocycles. The molecule has 0 saturated carbocycles. The predicted molar refractivity (Wildman–Crippen MR) is 78.3 cm³/mol. The van der Waals surface area contributed by atoms with Gasteiger partial charge in [-0.15, -0.1) is 0 Å². The lowest BCUT2D eigenvalue weighted by Gasteiger charge is -2.29. The summed E-state index contributed by atoms with van der Waals surface area (Å²) in [5.41, 5.74) is 0. The Labute approximate surface area is 132 Å². The first-order valence-corrected chi connectivity index (χ1v) is 8.26. The molecule has 0 aromatic heterocycles. The Bertz CT molecular complexity index is 396.